The number of likely N-dealkylation sites (tertiary alicyclic amines) is 1. The van der Waals surface area contributed by atoms with Crippen LogP contribution in [-0.2, 0) is 4.79 Å². The maximum atomic E-state index is 12.4. The summed E-state index contributed by atoms with van der Waals surface area (Å²) in [6.07, 6.45) is 1.77. The minimum Gasteiger partial charge on any atom is -0.481 e. The summed E-state index contributed by atoms with van der Waals surface area (Å²) in [6.45, 7) is 3.33. The van der Waals surface area contributed by atoms with E-state index in [1.807, 2.05) is 30.0 Å². The molecule has 0 atom stereocenters. The molecule has 1 aliphatic rings. The number of amides is 1. The molecule has 2 rings (SSSR count). The van der Waals surface area contributed by atoms with Crippen molar-refractivity contribution in [1.29, 1.82) is 0 Å². The first-order chi connectivity index (χ1) is 9.47. The Labute approximate surface area is 132 Å². The number of benzene rings is 1. The van der Waals surface area contributed by atoms with Gasteiger partial charge in [0.2, 0.25) is 0 Å². The van der Waals surface area contributed by atoms with E-state index in [-0.39, 0.29) is 18.2 Å². The fourth-order valence-corrected chi connectivity index (χ4v) is 3.01. The Bertz CT molecular complexity index is 522. The van der Waals surface area contributed by atoms with Crippen LogP contribution in [0.2, 0.25) is 0 Å². The Hall–Kier alpha value is -1.11. The number of carboxylic acid groups (broad SMARTS) is 1. The summed E-state index contributed by atoms with van der Waals surface area (Å²) in [5.41, 5.74) is 1.89. The number of hydrogen-bond acceptors (Lipinski definition) is 2. The number of halogens is 1. The first-order valence-electron chi connectivity index (χ1n) is 6.74. The van der Waals surface area contributed by atoms with E-state index in [9.17, 15) is 9.59 Å². The van der Waals surface area contributed by atoms with Crippen LogP contribution in [0.1, 0.15) is 35.2 Å². The van der Waals surface area contributed by atoms with E-state index in [0.29, 0.717) is 13.1 Å². The highest BCUT2D eigenvalue weighted by atomic mass is 127. The molecule has 1 heterocycles. The molecule has 1 aromatic rings. The van der Waals surface area contributed by atoms with Crippen molar-refractivity contribution in [3.8, 4) is 0 Å². The van der Waals surface area contributed by atoms with Gasteiger partial charge < -0.3 is 10.0 Å². The van der Waals surface area contributed by atoms with Crippen molar-refractivity contribution < 1.29 is 14.7 Å². The van der Waals surface area contributed by atoms with Gasteiger partial charge in [0, 0.05) is 28.6 Å². The SMILES string of the molecule is Cc1ccc(C(=O)N2CCC(CC(=O)O)CC2)cc1I. The third kappa shape index (κ3) is 3.71. The number of carboxylic acids is 1. The smallest absolute Gasteiger partial charge is 0.303 e. The van der Waals surface area contributed by atoms with Gasteiger partial charge in [-0.25, -0.2) is 0 Å². The summed E-state index contributed by atoms with van der Waals surface area (Å²) in [7, 11) is 0. The summed E-state index contributed by atoms with van der Waals surface area (Å²) >= 11 is 2.23. The van der Waals surface area contributed by atoms with Crippen LogP contribution in [0.25, 0.3) is 0 Å². The van der Waals surface area contributed by atoms with E-state index in [4.69, 9.17) is 5.11 Å². The molecule has 5 heteroatoms. The molecule has 1 aromatic carbocycles. The molecule has 20 heavy (non-hydrogen) atoms. The van der Waals surface area contributed by atoms with Crippen LogP contribution in [0.15, 0.2) is 18.2 Å². The van der Waals surface area contributed by atoms with Crippen molar-refractivity contribution in [1.82, 2.24) is 4.90 Å². The highest BCUT2D eigenvalue weighted by Crippen LogP contribution is 2.22. The Morgan fingerprint density at radius 2 is 2.00 bits per heavy atom. The van der Waals surface area contributed by atoms with Gasteiger partial charge in [-0.1, -0.05) is 6.07 Å². The standard InChI is InChI=1S/C15H18INO3/c1-10-2-3-12(9-13(10)16)15(20)17-6-4-11(5-7-17)8-14(18)19/h2-3,9,11H,4-8H2,1H3,(H,18,19). The molecule has 108 valence electrons. The lowest BCUT2D eigenvalue weighted by molar-refractivity contribution is -0.138. The molecule has 0 bridgehead atoms. The van der Waals surface area contributed by atoms with Gasteiger partial charge in [-0.2, -0.15) is 0 Å². The Morgan fingerprint density at radius 1 is 1.35 bits per heavy atom. The number of piperidine rings is 1. The minimum absolute atomic E-state index is 0.0525. The van der Waals surface area contributed by atoms with Gasteiger partial charge in [0.1, 0.15) is 0 Å². The number of carbonyl (C=O) groups is 2. The molecule has 1 fully saturated rings. The van der Waals surface area contributed by atoms with Crippen LogP contribution in [0.5, 0.6) is 0 Å². The molecule has 0 spiro atoms. The zero-order chi connectivity index (χ0) is 14.7. The van der Waals surface area contributed by atoms with Crippen LogP contribution in [-0.4, -0.2) is 35.0 Å². The van der Waals surface area contributed by atoms with Crippen LogP contribution in [0.3, 0.4) is 0 Å². The van der Waals surface area contributed by atoms with Crippen molar-refractivity contribution in [2.45, 2.75) is 26.2 Å². The molecule has 1 saturated heterocycles. The predicted molar refractivity (Wildman–Crippen MR) is 84.8 cm³/mol. The summed E-state index contributed by atoms with van der Waals surface area (Å²) in [4.78, 5) is 24.9. The number of hydrogen-bond donors (Lipinski definition) is 1. The van der Waals surface area contributed by atoms with Crippen LogP contribution in [0, 0.1) is 16.4 Å². The molecular formula is C15H18INO3. The van der Waals surface area contributed by atoms with Gasteiger partial charge in [0.25, 0.3) is 5.91 Å². The highest BCUT2D eigenvalue weighted by Gasteiger charge is 2.25. The lowest BCUT2D eigenvalue weighted by atomic mass is 9.93. The summed E-state index contributed by atoms with van der Waals surface area (Å²) < 4.78 is 1.09. The topological polar surface area (TPSA) is 57.6 Å². The number of rotatable bonds is 3. The second-order valence-corrected chi connectivity index (χ2v) is 6.46. The van der Waals surface area contributed by atoms with Gasteiger partial charge in [0.05, 0.1) is 0 Å². The quantitative estimate of drug-likeness (QED) is 0.812. The Kier molecular flexibility index (Phi) is 5.01. The minimum atomic E-state index is -0.747. The van der Waals surface area contributed by atoms with E-state index in [2.05, 4.69) is 22.6 Å². The maximum Gasteiger partial charge on any atom is 0.303 e. The zero-order valence-electron chi connectivity index (χ0n) is 11.4. The maximum absolute atomic E-state index is 12.4. The third-order valence-electron chi connectivity index (χ3n) is 3.78. The predicted octanol–water partition coefficient (Wildman–Crippen LogP) is 2.93. The first-order valence-corrected chi connectivity index (χ1v) is 7.82. The lowest BCUT2D eigenvalue weighted by Gasteiger charge is -2.31. The average molecular weight is 387 g/mol. The van der Waals surface area contributed by atoms with Crippen LogP contribution < -0.4 is 0 Å². The first kappa shape index (κ1) is 15.3. The van der Waals surface area contributed by atoms with Gasteiger partial charge in [-0.3, -0.25) is 9.59 Å². The second-order valence-electron chi connectivity index (χ2n) is 5.30. The molecule has 0 aromatic heterocycles. The van der Waals surface area contributed by atoms with Gasteiger partial charge in [0.15, 0.2) is 0 Å². The fraction of sp³-hybridized carbons (Fsp3) is 0.467. The van der Waals surface area contributed by atoms with Crippen LogP contribution in [0.4, 0.5) is 0 Å². The molecular weight excluding hydrogens is 369 g/mol. The molecule has 4 nitrogen and oxygen atoms in total. The van der Waals surface area contributed by atoms with Gasteiger partial charge >= 0.3 is 5.97 Å². The van der Waals surface area contributed by atoms with E-state index < -0.39 is 5.97 Å². The summed E-state index contributed by atoms with van der Waals surface area (Å²) in [5, 5.41) is 8.79. The summed E-state index contributed by atoms with van der Waals surface area (Å²) in [5.74, 6) is -0.491. The van der Waals surface area contributed by atoms with E-state index in [1.165, 1.54) is 5.56 Å². The van der Waals surface area contributed by atoms with Gasteiger partial charge in [-0.15, -0.1) is 0 Å². The fourth-order valence-electron chi connectivity index (χ4n) is 2.50. The summed E-state index contributed by atoms with van der Waals surface area (Å²) in [6, 6.07) is 5.75. The van der Waals surface area contributed by atoms with E-state index in [1.54, 1.807) is 0 Å². The van der Waals surface area contributed by atoms with Gasteiger partial charge in [-0.05, 0) is 66.0 Å². The van der Waals surface area contributed by atoms with E-state index in [0.717, 1.165) is 22.0 Å². The highest BCUT2D eigenvalue weighted by molar-refractivity contribution is 14.1. The van der Waals surface area contributed by atoms with Crippen LogP contribution >= 0.6 is 22.6 Å². The number of aliphatic carboxylic acids is 1. The van der Waals surface area contributed by atoms with Crippen molar-refractivity contribution >= 4 is 34.5 Å². The molecule has 0 saturated carbocycles. The molecule has 0 radical (unpaired) electrons. The molecule has 0 aliphatic carbocycles. The zero-order valence-corrected chi connectivity index (χ0v) is 13.6. The van der Waals surface area contributed by atoms with Crippen molar-refractivity contribution in [2.75, 3.05) is 13.1 Å². The Morgan fingerprint density at radius 3 is 2.55 bits per heavy atom. The average Bonchev–Trinajstić information content (AvgIpc) is 2.41. The number of aryl methyl sites for hydroxylation is 1. The Balaban J connectivity index is 1.97. The van der Waals surface area contributed by atoms with Crippen molar-refractivity contribution in [2.24, 2.45) is 5.92 Å². The number of carbonyl (C=O) groups excluding carboxylic acids is 1. The second kappa shape index (κ2) is 6.56. The lowest BCUT2D eigenvalue weighted by Crippen LogP contribution is -2.38. The number of nitrogens with zero attached hydrogens (tertiary/aromatic N) is 1. The van der Waals surface area contributed by atoms with E-state index >= 15 is 0 Å². The molecule has 0 unspecified atom stereocenters. The largest absolute Gasteiger partial charge is 0.481 e. The molecule has 1 N–H and O–H groups in total. The van der Waals surface area contributed by atoms with Crippen molar-refractivity contribution in [3.63, 3.8) is 0 Å². The molecule has 1 aliphatic heterocycles. The normalized spacial score (nSPS) is 16.2. The third-order valence-corrected chi connectivity index (χ3v) is 4.95. The van der Waals surface area contributed by atoms with Crippen molar-refractivity contribution in [3.05, 3.63) is 32.9 Å². The molecule has 1 amide bonds. The monoisotopic (exact) mass is 387 g/mol.